The largest absolute Gasteiger partial charge is 0.326 e. The van der Waals surface area contributed by atoms with Crippen LogP contribution in [0.1, 0.15) is 19.8 Å². The first-order valence-corrected chi connectivity index (χ1v) is 12.1. The molecular weight excluding hydrogens is 420 g/mol. The lowest BCUT2D eigenvalue weighted by Gasteiger charge is -2.10. The molecule has 2 N–H and O–H groups in total. The number of imidazole rings is 1. The number of anilines is 2. The SMILES string of the molecule is CCCC(=O)Nc1ccc(S(=O)(=O)Nc2cccc(-c3cn4c(n3)SCC4)c2)cc1. The van der Waals surface area contributed by atoms with E-state index in [4.69, 9.17) is 0 Å². The number of carbonyl (C=O) groups is 1. The van der Waals surface area contributed by atoms with Crippen LogP contribution in [0.25, 0.3) is 11.3 Å². The lowest BCUT2D eigenvalue weighted by Crippen LogP contribution is -2.14. The van der Waals surface area contributed by atoms with Crippen LogP contribution in [0.15, 0.2) is 64.8 Å². The van der Waals surface area contributed by atoms with Crippen molar-refractivity contribution in [3.63, 3.8) is 0 Å². The van der Waals surface area contributed by atoms with Crippen LogP contribution in [0.4, 0.5) is 11.4 Å². The number of hydrogen-bond donors (Lipinski definition) is 2. The molecule has 0 spiro atoms. The van der Waals surface area contributed by atoms with Gasteiger partial charge in [0.1, 0.15) is 0 Å². The fourth-order valence-corrected chi connectivity index (χ4v) is 5.17. The maximum absolute atomic E-state index is 12.8. The number of nitrogens with zero attached hydrogens (tertiary/aromatic N) is 2. The number of rotatable bonds is 7. The second kappa shape index (κ2) is 8.53. The smallest absolute Gasteiger partial charge is 0.261 e. The van der Waals surface area contributed by atoms with Gasteiger partial charge in [0.2, 0.25) is 5.91 Å². The highest BCUT2D eigenvalue weighted by Crippen LogP contribution is 2.30. The van der Waals surface area contributed by atoms with Gasteiger partial charge in [-0.15, -0.1) is 0 Å². The Morgan fingerprint density at radius 3 is 2.70 bits per heavy atom. The van der Waals surface area contributed by atoms with E-state index in [1.807, 2.05) is 19.2 Å². The molecule has 2 aromatic carbocycles. The first-order valence-electron chi connectivity index (χ1n) is 9.68. The van der Waals surface area contributed by atoms with Crippen molar-refractivity contribution in [2.45, 2.75) is 36.4 Å². The van der Waals surface area contributed by atoms with Crippen LogP contribution in [0.2, 0.25) is 0 Å². The van der Waals surface area contributed by atoms with E-state index < -0.39 is 10.0 Å². The average Bonchev–Trinajstić information content (AvgIpc) is 3.31. The Kier molecular flexibility index (Phi) is 5.83. The van der Waals surface area contributed by atoms with E-state index in [1.165, 1.54) is 12.1 Å². The predicted octanol–water partition coefficient (Wildman–Crippen LogP) is 4.20. The summed E-state index contributed by atoms with van der Waals surface area (Å²) < 4.78 is 30.3. The van der Waals surface area contributed by atoms with Crippen molar-refractivity contribution in [1.29, 1.82) is 0 Å². The number of carbonyl (C=O) groups excluding carboxylic acids is 1. The second-order valence-electron chi connectivity index (χ2n) is 6.96. The number of aromatic nitrogens is 2. The summed E-state index contributed by atoms with van der Waals surface area (Å²) in [4.78, 5) is 16.4. The summed E-state index contributed by atoms with van der Waals surface area (Å²) in [6.07, 6.45) is 3.17. The molecule has 1 aromatic heterocycles. The minimum absolute atomic E-state index is 0.0910. The Labute approximate surface area is 180 Å². The number of amides is 1. The molecule has 3 aromatic rings. The molecule has 0 fully saturated rings. The molecule has 7 nitrogen and oxygen atoms in total. The highest BCUT2D eigenvalue weighted by molar-refractivity contribution is 7.99. The summed E-state index contributed by atoms with van der Waals surface area (Å²) in [5.41, 5.74) is 2.71. The fraction of sp³-hybridized carbons (Fsp3) is 0.238. The van der Waals surface area contributed by atoms with Crippen LogP contribution in [0, 0.1) is 0 Å². The highest BCUT2D eigenvalue weighted by Gasteiger charge is 2.17. The summed E-state index contributed by atoms with van der Waals surface area (Å²) in [7, 11) is -3.76. The van der Waals surface area contributed by atoms with E-state index in [-0.39, 0.29) is 10.8 Å². The van der Waals surface area contributed by atoms with Crippen molar-refractivity contribution in [1.82, 2.24) is 9.55 Å². The van der Waals surface area contributed by atoms with E-state index >= 15 is 0 Å². The molecule has 30 heavy (non-hydrogen) atoms. The van der Waals surface area contributed by atoms with Gasteiger partial charge < -0.3 is 9.88 Å². The van der Waals surface area contributed by atoms with Crippen molar-refractivity contribution in [3.05, 3.63) is 54.7 Å². The standard InChI is InChI=1S/C21H22N4O3S2/c1-2-4-20(26)22-16-7-9-18(10-8-16)30(27,28)24-17-6-3-5-15(13-17)19-14-25-11-12-29-21(25)23-19/h3,5-10,13-14,24H,2,4,11-12H2,1H3,(H,22,26). The zero-order valence-electron chi connectivity index (χ0n) is 16.5. The number of fused-ring (bicyclic) bond motifs is 1. The maximum Gasteiger partial charge on any atom is 0.261 e. The Hall–Kier alpha value is -2.78. The molecule has 0 unspecified atom stereocenters. The maximum atomic E-state index is 12.8. The number of hydrogen-bond acceptors (Lipinski definition) is 5. The number of aryl methyl sites for hydroxylation is 1. The van der Waals surface area contributed by atoms with Gasteiger partial charge in [0, 0.05) is 41.9 Å². The Bertz CT molecular complexity index is 1150. The molecule has 1 aliphatic rings. The van der Waals surface area contributed by atoms with E-state index in [9.17, 15) is 13.2 Å². The molecule has 1 aliphatic heterocycles. The normalized spacial score (nSPS) is 13.1. The summed E-state index contributed by atoms with van der Waals surface area (Å²) in [5.74, 6) is 0.940. The highest BCUT2D eigenvalue weighted by atomic mass is 32.2. The molecule has 0 saturated heterocycles. The van der Waals surface area contributed by atoms with Gasteiger partial charge in [-0.25, -0.2) is 13.4 Å². The van der Waals surface area contributed by atoms with Gasteiger partial charge in [0.15, 0.2) is 5.16 Å². The number of nitrogens with one attached hydrogen (secondary N) is 2. The zero-order valence-corrected chi connectivity index (χ0v) is 18.1. The molecule has 0 aliphatic carbocycles. The molecule has 0 bridgehead atoms. The van der Waals surface area contributed by atoms with Gasteiger partial charge in [-0.3, -0.25) is 9.52 Å². The minimum Gasteiger partial charge on any atom is -0.326 e. The van der Waals surface area contributed by atoms with Crippen LogP contribution in [0.3, 0.4) is 0 Å². The zero-order chi connectivity index (χ0) is 21.1. The van der Waals surface area contributed by atoms with E-state index in [2.05, 4.69) is 19.6 Å². The molecule has 2 heterocycles. The lowest BCUT2D eigenvalue weighted by atomic mass is 10.1. The molecule has 9 heteroatoms. The fourth-order valence-electron chi connectivity index (χ4n) is 3.17. The average molecular weight is 443 g/mol. The first kappa shape index (κ1) is 20.5. The molecule has 0 atom stereocenters. The monoisotopic (exact) mass is 442 g/mol. The van der Waals surface area contributed by atoms with E-state index in [1.54, 1.807) is 42.1 Å². The van der Waals surface area contributed by atoms with Gasteiger partial charge in [-0.2, -0.15) is 0 Å². The van der Waals surface area contributed by atoms with Gasteiger partial charge in [0.25, 0.3) is 10.0 Å². The minimum atomic E-state index is -3.76. The van der Waals surface area contributed by atoms with Crippen LogP contribution in [0.5, 0.6) is 0 Å². The van der Waals surface area contributed by atoms with Crippen LogP contribution >= 0.6 is 11.8 Å². The molecule has 0 saturated carbocycles. The lowest BCUT2D eigenvalue weighted by molar-refractivity contribution is -0.116. The van der Waals surface area contributed by atoms with Crippen molar-refractivity contribution in [2.24, 2.45) is 0 Å². The third-order valence-corrected chi connectivity index (χ3v) is 7.01. The first-order chi connectivity index (χ1) is 14.4. The third kappa shape index (κ3) is 4.52. The third-order valence-electron chi connectivity index (χ3n) is 4.64. The number of benzene rings is 2. The molecule has 0 radical (unpaired) electrons. The van der Waals surface area contributed by atoms with Crippen molar-refractivity contribution >= 4 is 39.1 Å². The predicted molar refractivity (Wildman–Crippen MR) is 119 cm³/mol. The second-order valence-corrected chi connectivity index (χ2v) is 9.70. The van der Waals surface area contributed by atoms with Gasteiger partial charge in [0.05, 0.1) is 10.6 Å². The van der Waals surface area contributed by atoms with Crippen LogP contribution < -0.4 is 10.0 Å². The summed E-state index contributed by atoms with van der Waals surface area (Å²) in [6, 6.07) is 13.3. The van der Waals surface area contributed by atoms with Crippen molar-refractivity contribution in [2.75, 3.05) is 15.8 Å². The number of thioether (sulfide) groups is 1. The molecule has 1 amide bonds. The van der Waals surface area contributed by atoms with Gasteiger partial charge in [-0.05, 0) is 42.8 Å². The topological polar surface area (TPSA) is 93.1 Å². The van der Waals surface area contributed by atoms with Crippen LogP contribution in [-0.4, -0.2) is 29.6 Å². The molecular formula is C21H22N4O3S2. The van der Waals surface area contributed by atoms with Crippen LogP contribution in [-0.2, 0) is 21.4 Å². The van der Waals surface area contributed by atoms with Crippen molar-refractivity contribution < 1.29 is 13.2 Å². The van der Waals surface area contributed by atoms with E-state index in [0.29, 0.717) is 17.8 Å². The molecule has 156 valence electrons. The number of sulfonamides is 1. The Morgan fingerprint density at radius 2 is 1.97 bits per heavy atom. The van der Waals surface area contributed by atoms with Gasteiger partial charge >= 0.3 is 0 Å². The Balaban J connectivity index is 1.49. The van der Waals surface area contributed by atoms with Crippen molar-refractivity contribution in [3.8, 4) is 11.3 Å². The quantitative estimate of drug-likeness (QED) is 0.572. The van der Waals surface area contributed by atoms with E-state index in [0.717, 1.165) is 35.1 Å². The summed E-state index contributed by atoms with van der Waals surface area (Å²) in [5, 5.41) is 3.74. The van der Waals surface area contributed by atoms with Gasteiger partial charge in [-0.1, -0.05) is 30.8 Å². The molecule has 4 rings (SSSR count). The summed E-state index contributed by atoms with van der Waals surface area (Å²) >= 11 is 1.72. The summed E-state index contributed by atoms with van der Waals surface area (Å²) in [6.45, 7) is 2.86. The Morgan fingerprint density at radius 1 is 1.17 bits per heavy atom.